The Kier molecular flexibility index (Phi) is 9.64. The SMILES string of the molecule is CC(C)C(PN(C(C)C)C(C)C)C(C)CC([OH2+])CC#N. The van der Waals surface area contributed by atoms with Gasteiger partial charge in [-0.2, -0.15) is 5.26 Å². The molecule has 2 N–H and O–H groups in total. The third kappa shape index (κ3) is 7.02. The van der Waals surface area contributed by atoms with E-state index in [1.165, 1.54) is 0 Å². The van der Waals surface area contributed by atoms with Crippen molar-refractivity contribution in [3.8, 4) is 6.07 Å². The zero-order valence-corrected chi connectivity index (χ0v) is 15.3. The second-order valence-electron chi connectivity index (χ2n) is 6.77. The van der Waals surface area contributed by atoms with Crippen LogP contribution in [0.5, 0.6) is 0 Å². The van der Waals surface area contributed by atoms with E-state index in [1.807, 2.05) is 0 Å². The van der Waals surface area contributed by atoms with E-state index >= 15 is 0 Å². The molecule has 118 valence electrons. The van der Waals surface area contributed by atoms with Gasteiger partial charge in [-0.05, 0) is 53.9 Å². The Morgan fingerprint density at radius 2 is 1.55 bits per heavy atom. The molecule has 0 aromatic heterocycles. The molecular formula is C16H34N2OP+. The first-order valence-corrected chi connectivity index (χ1v) is 8.85. The smallest absolute Gasteiger partial charge is 0.167 e. The van der Waals surface area contributed by atoms with Crippen LogP contribution in [-0.2, 0) is 0 Å². The number of nitrogens with zero attached hydrogens (tertiary/aromatic N) is 2. The molecule has 0 aliphatic rings. The molecular weight excluding hydrogens is 267 g/mol. The van der Waals surface area contributed by atoms with Gasteiger partial charge < -0.3 is 5.11 Å². The van der Waals surface area contributed by atoms with Crippen LogP contribution < -0.4 is 0 Å². The maximum absolute atomic E-state index is 8.71. The van der Waals surface area contributed by atoms with Crippen molar-refractivity contribution in [2.24, 2.45) is 11.8 Å². The van der Waals surface area contributed by atoms with Crippen LogP contribution in [0.2, 0.25) is 0 Å². The van der Waals surface area contributed by atoms with Gasteiger partial charge in [-0.15, -0.1) is 0 Å². The van der Waals surface area contributed by atoms with E-state index in [-0.39, 0.29) is 6.10 Å². The first-order chi connectivity index (χ1) is 9.20. The van der Waals surface area contributed by atoms with E-state index in [9.17, 15) is 0 Å². The molecule has 20 heavy (non-hydrogen) atoms. The van der Waals surface area contributed by atoms with Crippen molar-refractivity contribution in [2.75, 3.05) is 0 Å². The summed E-state index contributed by atoms with van der Waals surface area (Å²) < 4.78 is 2.57. The third-order valence-electron chi connectivity index (χ3n) is 3.74. The standard InChI is InChI=1S/C16H33N2OP/c1-11(2)16(14(7)10-15(19)8-9-17)20-18(12(3)4)13(5)6/h11-16,19-20H,8,10H2,1-7H3/p+1. The molecule has 0 saturated heterocycles. The fourth-order valence-electron chi connectivity index (χ4n) is 2.79. The highest BCUT2D eigenvalue weighted by molar-refractivity contribution is 7.36. The van der Waals surface area contributed by atoms with Gasteiger partial charge in [0.25, 0.3) is 0 Å². The van der Waals surface area contributed by atoms with Crippen molar-refractivity contribution in [1.82, 2.24) is 4.67 Å². The van der Waals surface area contributed by atoms with E-state index < -0.39 is 0 Å². The molecule has 0 heterocycles. The van der Waals surface area contributed by atoms with Crippen molar-refractivity contribution in [1.29, 1.82) is 5.26 Å². The Morgan fingerprint density at radius 1 is 1.05 bits per heavy atom. The average Bonchev–Trinajstić information content (AvgIpc) is 2.27. The predicted molar refractivity (Wildman–Crippen MR) is 90.5 cm³/mol. The fourth-order valence-corrected chi connectivity index (χ4v) is 4.42. The molecule has 0 aliphatic heterocycles. The van der Waals surface area contributed by atoms with Crippen molar-refractivity contribution in [2.45, 2.75) is 85.2 Å². The Morgan fingerprint density at radius 3 is 1.90 bits per heavy atom. The molecule has 0 saturated carbocycles. The van der Waals surface area contributed by atoms with Crippen LogP contribution in [0, 0.1) is 23.2 Å². The Balaban J connectivity index is 4.75. The van der Waals surface area contributed by atoms with Crippen LogP contribution in [-0.4, -0.2) is 33.6 Å². The third-order valence-corrected chi connectivity index (χ3v) is 6.60. The molecule has 4 atom stereocenters. The summed E-state index contributed by atoms with van der Waals surface area (Å²) in [5, 5.41) is 16.7. The molecule has 0 radical (unpaired) electrons. The van der Waals surface area contributed by atoms with Crippen molar-refractivity contribution < 1.29 is 5.11 Å². The normalized spacial score (nSPS) is 17.4. The van der Waals surface area contributed by atoms with Crippen LogP contribution in [0.1, 0.15) is 61.3 Å². The minimum Gasteiger partial charge on any atom is -0.442 e. The summed E-state index contributed by atoms with van der Waals surface area (Å²) in [5.41, 5.74) is 0.617. The summed E-state index contributed by atoms with van der Waals surface area (Å²) in [4.78, 5) is 0. The van der Waals surface area contributed by atoms with Gasteiger partial charge in [-0.3, -0.25) is 4.67 Å². The monoisotopic (exact) mass is 301 g/mol. The van der Waals surface area contributed by atoms with E-state index in [0.717, 1.165) is 15.2 Å². The minimum atomic E-state index is -0.229. The van der Waals surface area contributed by atoms with Crippen LogP contribution in [0.4, 0.5) is 0 Å². The average molecular weight is 301 g/mol. The molecule has 3 nitrogen and oxygen atoms in total. The molecule has 0 spiro atoms. The fraction of sp³-hybridized carbons (Fsp3) is 0.938. The van der Waals surface area contributed by atoms with Gasteiger partial charge in [0.15, 0.2) is 6.10 Å². The first kappa shape index (κ1) is 19.8. The van der Waals surface area contributed by atoms with E-state index in [2.05, 4.69) is 59.2 Å². The molecule has 0 aliphatic carbocycles. The van der Waals surface area contributed by atoms with Crippen LogP contribution >= 0.6 is 8.73 Å². The topological polar surface area (TPSA) is 49.9 Å². The van der Waals surface area contributed by atoms with Gasteiger partial charge in [-0.1, -0.05) is 20.8 Å². The highest BCUT2D eigenvalue weighted by Gasteiger charge is 2.28. The highest BCUT2D eigenvalue weighted by atomic mass is 31.1. The van der Waals surface area contributed by atoms with Gasteiger partial charge in [0.2, 0.25) is 0 Å². The molecule has 4 heteroatoms. The highest BCUT2D eigenvalue weighted by Crippen LogP contribution is 2.39. The lowest BCUT2D eigenvalue weighted by Crippen LogP contribution is -2.35. The summed E-state index contributed by atoms with van der Waals surface area (Å²) in [7, 11) is 0.804. The maximum Gasteiger partial charge on any atom is 0.167 e. The van der Waals surface area contributed by atoms with Gasteiger partial charge in [-0.25, -0.2) is 0 Å². The number of hydrogen-bond acceptors (Lipinski definition) is 2. The predicted octanol–water partition coefficient (Wildman–Crippen LogP) is 3.76. The molecule has 0 bridgehead atoms. The molecule has 0 aromatic rings. The molecule has 0 fully saturated rings. The Labute approximate surface area is 127 Å². The summed E-state index contributed by atoms with van der Waals surface area (Å²) in [6.07, 6.45) is 0.969. The zero-order valence-electron chi connectivity index (χ0n) is 14.3. The van der Waals surface area contributed by atoms with Crippen LogP contribution in [0.15, 0.2) is 0 Å². The summed E-state index contributed by atoms with van der Waals surface area (Å²) in [6, 6.07) is 3.25. The van der Waals surface area contributed by atoms with Gasteiger partial charge in [0, 0.05) is 18.5 Å². The summed E-state index contributed by atoms with van der Waals surface area (Å²) in [6.45, 7) is 15.9. The lowest BCUT2D eigenvalue weighted by molar-refractivity contribution is 0.145. The summed E-state index contributed by atoms with van der Waals surface area (Å²) in [5.74, 6) is 1.13. The number of hydrogen-bond donors (Lipinski definition) is 0. The Hall–Kier alpha value is -0.160. The number of rotatable bonds is 9. The summed E-state index contributed by atoms with van der Waals surface area (Å²) >= 11 is 0. The maximum atomic E-state index is 8.71. The van der Waals surface area contributed by atoms with Crippen molar-refractivity contribution in [3.63, 3.8) is 0 Å². The molecule has 4 unspecified atom stereocenters. The van der Waals surface area contributed by atoms with E-state index in [4.69, 9.17) is 10.4 Å². The molecule has 0 amide bonds. The van der Waals surface area contributed by atoms with E-state index in [1.54, 1.807) is 0 Å². The van der Waals surface area contributed by atoms with Gasteiger partial charge in [0.1, 0.15) is 6.42 Å². The quantitative estimate of drug-likeness (QED) is 0.481. The zero-order chi connectivity index (χ0) is 15.9. The lowest BCUT2D eigenvalue weighted by atomic mass is 9.92. The van der Waals surface area contributed by atoms with E-state index in [0.29, 0.717) is 36.0 Å². The van der Waals surface area contributed by atoms with Crippen molar-refractivity contribution in [3.05, 3.63) is 0 Å². The largest absolute Gasteiger partial charge is 0.442 e. The second-order valence-corrected chi connectivity index (χ2v) is 8.21. The second kappa shape index (κ2) is 9.72. The van der Waals surface area contributed by atoms with Crippen LogP contribution in [0.3, 0.4) is 0 Å². The molecule has 0 aromatic carbocycles. The van der Waals surface area contributed by atoms with Crippen LogP contribution in [0.25, 0.3) is 0 Å². The lowest BCUT2D eigenvalue weighted by Gasteiger charge is -2.37. The van der Waals surface area contributed by atoms with Gasteiger partial charge >= 0.3 is 0 Å². The van der Waals surface area contributed by atoms with Crippen molar-refractivity contribution >= 4 is 8.73 Å². The molecule has 0 rings (SSSR count). The number of nitriles is 1. The minimum absolute atomic E-state index is 0.229. The van der Waals surface area contributed by atoms with Gasteiger partial charge in [0.05, 0.1) is 6.07 Å². The Bertz CT molecular complexity index is 291. The first-order valence-electron chi connectivity index (χ1n) is 7.83.